The molecule has 0 saturated carbocycles. The molecule has 0 N–H and O–H groups in total. The molecule has 3 heterocycles. The first kappa shape index (κ1) is 12.2. The highest BCUT2D eigenvalue weighted by Crippen LogP contribution is 2.23. The third-order valence-corrected chi connectivity index (χ3v) is 3.55. The van der Waals surface area contributed by atoms with Gasteiger partial charge in [-0.15, -0.1) is 0 Å². The molecule has 0 aliphatic carbocycles. The summed E-state index contributed by atoms with van der Waals surface area (Å²) in [7, 11) is 3.37. The number of methoxy groups -OCH3 is 1. The van der Waals surface area contributed by atoms with Crippen LogP contribution < -0.4 is 0 Å². The second kappa shape index (κ2) is 4.34. The van der Waals surface area contributed by atoms with Crippen LogP contribution in [0.15, 0.2) is 6.07 Å². The number of aromatic nitrogens is 2. The van der Waals surface area contributed by atoms with Gasteiger partial charge in [-0.2, -0.15) is 5.10 Å². The first-order chi connectivity index (χ1) is 9.10. The summed E-state index contributed by atoms with van der Waals surface area (Å²) >= 11 is 0. The highest BCUT2D eigenvalue weighted by atomic mass is 16.5. The van der Waals surface area contributed by atoms with Crippen molar-refractivity contribution in [2.45, 2.75) is 19.1 Å². The van der Waals surface area contributed by atoms with Crippen LogP contribution in [-0.2, 0) is 22.6 Å². The highest BCUT2D eigenvalue weighted by molar-refractivity contribution is 5.98. The maximum Gasteiger partial charge on any atom is 0.330 e. The summed E-state index contributed by atoms with van der Waals surface area (Å²) in [5.41, 5.74) is 1.45. The van der Waals surface area contributed by atoms with Gasteiger partial charge in [-0.25, -0.2) is 4.79 Å². The minimum atomic E-state index is -0.432. The Morgan fingerprint density at radius 2 is 2.21 bits per heavy atom. The van der Waals surface area contributed by atoms with Gasteiger partial charge in [-0.05, 0) is 13.1 Å². The Morgan fingerprint density at radius 3 is 2.95 bits per heavy atom. The zero-order chi connectivity index (χ0) is 13.6. The third-order valence-electron chi connectivity index (χ3n) is 3.55. The number of esters is 1. The Kier molecular flexibility index (Phi) is 2.78. The second-order valence-corrected chi connectivity index (χ2v) is 4.98. The summed E-state index contributed by atoms with van der Waals surface area (Å²) in [6.07, 6.45) is 0. The van der Waals surface area contributed by atoms with Crippen LogP contribution in [0, 0.1) is 0 Å². The van der Waals surface area contributed by atoms with Crippen molar-refractivity contribution >= 4 is 11.9 Å². The van der Waals surface area contributed by atoms with E-state index in [1.54, 1.807) is 0 Å². The number of hydrogen-bond acceptors (Lipinski definition) is 5. The minimum Gasteiger partial charge on any atom is -0.467 e. The van der Waals surface area contributed by atoms with Gasteiger partial charge in [0.2, 0.25) is 0 Å². The molecule has 1 saturated heterocycles. The van der Waals surface area contributed by atoms with Crippen LogP contribution in [0.25, 0.3) is 0 Å². The van der Waals surface area contributed by atoms with Crippen LogP contribution in [0.2, 0.25) is 0 Å². The number of hydrogen-bond donors (Lipinski definition) is 0. The molecule has 1 fully saturated rings. The quantitative estimate of drug-likeness (QED) is 0.523. The molecule has 7 heteroatoms. The van der Waals surface area contributed by atoms with Crippen molar-refractivity contribution in [1.82, 2.24) is 19.6 Å². The van der Waals surface area contributed by atoms with Crippen molar-refractivity contribution in [3.8, 4) is 0 Å². The normalized spacial score (nSPS) is 22.0. The number of nitrogens with zero attached hydrogens (tertiary/aromatic N) is 4. The van der Waals surface area contributed by atoms with Gasteiger partial charge in [0.1, 0.15) is 6.04 Å². The Bertz CT molecular complexity index is 539. The van der Waals surface area contributed by atoms with E-state index in [4.69, 9.17) is 0 Å². The van der Waals surface area contributed by atoms with Gasteiger partial charge >= 0.3 is 5.97 Å². The van der Waals surface area contributed by atoms with Crippen LogP contribution in [0.1, 0.15) is 16.2 Å². The molecule has 2 aliphatic heterocycles. The Labute approximate surface area is 110 Å². The maximum absolute atomic E-state index is 12.2. The van der Waals surface area contributed by atoms with Gasteiger partial charge in [0, 0.05) is 13.1 Å². The van der Waals surface area contributed by atoms with Crippen molar-refractivity contribution in [2.75, 3.05) is 27.2 Å². The van der Waals surface area contributed by atoms with Crippen molar-refractivity contribution in [1.29, 1.82) is 0 Å². The summed E-state index contributed by atoms with van der Waals surface area (Å²) in [5, 5.41) is 4.31. The van der Waals surface area contributed by atoms with E-state index in [0.717, 1.165) is 25.3 Å². The van der Waals surface area contributed by atoms with Crippen molar-refractivity contribution in [3.63, 3.8) is 0 Å². The van der Waals surface area contributed by atoms with E-state index in [0.29, 0.717) is 12.2 Å². The molecule has 0 bridgehead atoms. The van der Waals surface area contributed by atoms with E-state index in [9.17, 15) is 9.59 Å². The molecule has 2 aliphatic rings. The van der Waals surface area contributed by atoms with Gasteiger partial charge < -0.3 is 9.64 Å². The van der Waals surface area contributed by atoms with E-state index in [-0.39, 0.29) is 11.9 Å². The van der Waals surface area contributed by atoms with Crippen molar-refractivity contribution in [3.05, 3.63) is 17.5 Å². The molecule has 1 atom stereocenters. The van der Waals surface area contributed by atoms with E-state index >= 15 is 0 Å². The highest BCUT2D eigenvalue weighted by Gasteiger charge is 2.46. The SMILES string of the molecule is COC(=O)[C@@H]1CN1C(=O)c1cc2n(n1)CCN(C)C2. The first-order valence-electron chi connectivity index (χ1n) is 6.24. The first-order valence-corrected chi connectivity index (χ1v) is 6.24. The van der Waals surface area contributed by atoms with Crippen LogP contribution in [-0.4, -0.2) is 64.7 Å². The van der Waals surface area contributed by atoms with Gasteiger partial charge in [-0.3, -0.25) is 14.4 Å². The molecule has 1 aromatic rings. The van der Waals surface area contributed by atoms with Crippen molar-refractivity contribution < 1.29 is 14.3 Å². The second-order valence-electron chi connectivity index (χ2n) is 4.98. The molecular formula is C12H16N4O3. The number of amides is 1. The lowest BCUT2D eigenvalue weighted by molar-refractivity contribution is -0.140. The zero-order valence-corrected chi connectivity index (χ0v) is 11.0. The fraction of sp³-hybridized carbons (Fsp3) is 0.583. The predicted molar refractivity (Wildman–Crippen MR) is 65.4 cm³/mol. The van der Waals surface area contributed by atoms with Crippen LogP contribution >= 0.6 is 0 Å². The number of ether oxygens (including phenoxy) is 1. The molecule has 0 spiro atoms. The molecular weight excluding hydrogens is 248 g/mol. The molecule has 7 nitrogen and oxygen atoms in total. The average molecular weight is 264 g/mol. The molecule has 1 amide bonds. The Morgan fingerprint density at radius 1 is 1.42 bits per heavy atom. The summed E-state index contributed by atoms with van der Waals surface area (Å²) in [5.74, 6) is -0.558. The number of carbonyl (C=O) groups is 2. The third kappa shape index (κ3) is 2.10. The van der Waals surface area contributed by atoms with Crippen LogP contribution in [0.5, 0.6) is 0 Å². The summed E-state index contributed by atoms with van der Waals surface area (Å²) < 4.78 is 6.49. The van der Waals surface area contributed by atoms with Gasteiger partial charge in [0.15, 0.2) is 5.69 Å². The summed E-state index contributed by atoms with van der Waals surface area (Å²) in [6, 6.07) is 1.38. The Balaban J connectivity index is 1.74. The molecule has 102 valence electrons. The molecule has 1 aromatic heterocycles. The molecule has 19 heavy (non-hydrogen) atoms. The van der Waals surface area contributed by atoms with Gasteiger partial charge in [0.25, 0.3) is 5.91 Å². The summed E-state index contributed by atoms with van der Waals surface area (Å²) in [6.45, 7) is 2.94. The topological polar surface area (TPSA) is 67.4 Å². The van der Waals surface area contributed by atoms with Crippen LogP contribution in [0.3, 0.4) is 0 Å². The standard InChI is InChI=1S/C12H16N4O3/c1-14-3-4-16-8(6-14)5-9(13-16)11(17)15-7-10(15)12(18)19-2/h5,10H,3-4,6-7H2,1-2H3/t10-,15?/m0/s1. The smallest absolute Gasteiger partial charge is 0.330 e. The lowest BCUT2D eigenvalue weighted by atomic mass is 10.3. The van der Waals surface area contributed by atoms with Gasteiger partial charge in [0.05, 0.1) is 25.9 Å². The van der Waals surface area contributed by atoms with Crippen LogP contribution in [0.4, 0.5) is 0 Å². The fourth-order valence-electron chi connectivity index (χ4n) is 2.35. The maximum atomic E-state index is 12.2. The number of fused-ring (bicyclic) bond motifs is 1. The molecule has 0 unspecified atom stereocenters. The molecule has 0 aromatic carbocycles. The van der Waals surface area contributed by atoms with E-state index in [1.165, 1.54) is 12.0 Å². The lowest BCUT2D eigenvalue weighted by Gasteiger charge is -2.22. The van der Waals surface area contributed by atoms with Crippen molar-refractivity contribution in [2.24, 2.45) is 0 Å². The Hall–Kier alpha value is -1.89. The fourth-order valence-corrected chi connectivity index (χ4v) is 2.35. The molecule has 0 radical (unpaired) electrons. The van der Waals surface area contributed by atoms with E-state index in [2.05, 4.69) is 14.7 Å². The monoisotopic (exact) mass is 264 g/mol. The zero-order valence-electron chi connectivity index (χ0n) is 11.0. The summed E-state index contributed by atoms with van der Waals surface area (Å²) in [4.78, 5) is 27.1. The van der Waals surface area contributed by atoms with Gasteiger partial charge in [-0.1, -0.05) is 0 Å². The van der Waals surface area contributed by atoms with E-state index < -0.39 is 6.04 Å². The largest absolute Gasteiger partial charge is 0.467 e. The lowest BCUT2D eigenvalue weighted by Crippen LogP contribution is -2.30. The molecule has 3 rings (SSSR count). The number of carbonyl (C=O) groups excluding carboxylic acids is 2. The average Bonchev–Trinajstić information content (AvgIpc) is 3.09. The minimum absolute atomic E-state index is 0.194. The predicted octanol–water partition coefficient (Wildman–Crippen LogP) is -0.674. The van der Waals surface area contributed by atoms with E-state index in [1.807, 2.05) is 17.8 Å². The number of rotatable bonds is 2. The number of likely N-dealkylation sites (N-methyl/N-ethyl adjacent to an activating group) is 1.